The molecule has 3 aromatic rings. The maximum absolute atomic E-state index is 13.7. The first-order valence-corrected chi connectivity index (χ1v) is 11.8. The molecule has 1 aliphatic rings. The number of hydrogen-bond acceptors (Lipinski definition) is 4. The van der Waals surface area contributed by atoms with Crippen LogP contribution in [-0.2, 0) is 10.0 Å². The highest BCUT2D eigenvalue weighted by atomic mass is 32.2. The number of halogens is 2. The second kappa shape index (κ2) is 8.09. The summed E-state index contributed by atoms with van der Waals surface area (Å²) >= 11 is 1.46. The molecule has 1 saturated heterocycles. The molecule has 1 aromatic heterocycles. The molecule has 1 fully saturated rings. The fourth-order valence-corrected chi connectivity index (χ4v) is 6.97. The van der Waals surface area contributed by atoms with Crippen molar-refractivity contribution in [2.75, 3.05) is 18.4 Å². The summed E-state index contributed by atoms with van der Waals surface area (Å²) in [5, 5.41) is 3.22. The Morgan fingerprint density at radius 2 is 1.73 bits per heavy atom. The van der Waals surface area contributed by atoms with Crippen LogP contribution in [0.5, 0.6) is 0 Å². The quantitative estimate of drug-likeness (QED) is 0.603. The summed E-state index contributed by atoms with van der Waals surface area (Å²) in [5.74, 6) is -1.99. The summed E-state index contributed by atoms with van der Waals surface area (Å²) in [4.78, 5) is 2.05. The number of hydrogen-bond donors (Lipinski definition) is 1. The minimum Gasteiger partial charge on any atom is -0.380 e. The first-order valence-electron chi connectivity index (χ1n) is 9.59. The summed E-state index contributed by atoms with van der Waals surface area (Å²) in [6.07, 6.45) is 0. The van der Waals surface area contributed by atoms with Crippen molar-refractivity contribution in [1.29, 1.82) is 0 Å². The van der Waals surface area contributed by atoms with Gasteiger partial charge in [0.2, 0.25) is 10.0 Å². The van der Waals surface area contributed by atoms with Gasteiger partial charge in [0.25, 0.3) is 0 Å². The predicted octanol–water partition coefficient (Wildman–Crippen LogP) is 4.91. The van der Waals surface area contributed by atoms with Crippen LogP contribution in [0.25, 0.3) is 0 Å². The Morgan fingerprint density at radius 3 is 2.37 bits per heavy atom. The number of aryl methyl sites for hydroxylation is 2. The molecule has 0 bridgehead atoms. The molecule has 158 valence electrons. The topological polar surface area (TPSA) is 49.4 Å². The van der Waals surface area contributed by atoms with Gasteiger partial charge in [-0.3, -0.25) is 0 Å². The molecule has 2 aromatic carbocycles. The van der Waals surface area contributed by atoms with Crippen LogP contribution in [0.1, 0.15) is 21.2 Å². The van der Waals surface area contributed by atoms with Crippen LogP contribution in [0.4, 0.5) is 14.5 Å². The Kier molecular flexibility index (Phi) is 5.65. The van der Waals surface area contributed by atoms with Crippen molar-refractivity contribution in [2.24, 2.45) is 0 Å². The van der Waals surface area contributed by atoms with E-state index in [1.54, 1.807) is 6.07 Å². The van der Waals surface area contributed by atoms with E-state index in [0.717, 1.165) is 27.5 Å². The number of nitrogens with zero attached hydrogens (tertiary/aromatic N) is 1. The van der Waals surface area contributed by atoms with Gasteiger partial charge in [0.15, 0.2) is 11.6 Å². The van der Waals surface area contributed by atoms with Gasteiger partial charge in [0, 0.05) is 46.6 Å². The molecular weight excluding hydrogens is 426 g/mol. The lowest BCUT2D eigenvalue weighted by atomic mass is 9.94. The van der Waals surface area contributed by atoms with Crippen LogP contribution >= 0.6 is 11.3 Å². The highest BCUT2D eigenvalue weighted by Gasteiger charge is 2.41. The third-order valence-corrected chi connectivity index (χ3v) is 8.45. The molecule has 0 aliphatic carbocycles. The van der Waals surface area contributed by atoms with Gasteiger partial charge in [-0.15, -0.1) is 11.3 Å². The zero-order chi connectivity index (χ0) is 21.5. The van der Waals surface area contributed by atoms with Gasteiger partial charge in [0.05, 0.1) is 4.90 Å². The number of thiophene rings is 1. The summed E-state index contributed by atoms with van der Waals surface area (Å²) in [5.41, 5.74) is 1.41. The van der Waals surface area contributed by atoms with E-state index >= 15 is 0 Å². The van der Waals surface area contributed by atoms with E-state index < -0.39 is 21.7 Å². The molecule has 1 aliphatic heterocycles. The van der Waals surface area contributed by atoms with Crippen molar-refractivity contribution >= 4 is 27.0 Å². The molecule has 2 atom stereocenters. The van der Waals surface area contributed by atoms with Crippen molar-refractivity contribution in [3.63, 3.8) is 0 Å². The highest BCUT2D eigenvalue weighted by molar-refractivity contribution is 7.89. The zero-order valence-corrected chi connectivity index (χ0v) is 18.2. The fraction of sp³-hybridized carbons (Fsp3) is 0.273. The second-order valence-electron chi connectivity index (χ2n) is 7.50. The van der Waals surface area contributed by atoms with Crippen LogP contribution in [0.3, 0.4) is 0 Å². The number of sulfonamides is 1. The average molecular weight is 449 g/mol. The van der Waals surface area contributed by atoms with Crippen molar-refractivity contribution in [1.82, 2.24) is 4.31 Å². The predicted molar refractivity (Wildman–Crippen MR) is 116 cm³/mol. The molecule has 8 heteroatoms. The van der Waals surface area contributed by atoms with Crippen molar-refractivity contribution < 1.29 is 17.2 Å². The van der Waals surface area contributed by atoms with E-state index in [4.69, 9.17) is 0 Å². The van der Waals surface area contributed by atoms with Crippen LogP contribution in [0.2, 0.25) is 0 Å². The summed E-state index contributed by atoms with van der Waals surface area (Å²) in [6.45, 7) is 4.24. The minimum atomic E-state index is -3.66. The van der Waals surface area contributed by atoms with Gasteiger partial charge < -0.3 is 5.32 Å². The third kappa shape index (κ3) is 3.99. The van der Waals surface area contributed by atoms with Crippen molar-refractivity contribution in [3.8, 4) is 0 Å². The Hall–Kier alpha value is -2.29. The van der Waals surface area contributed by atoms with Gasteiger partial charge in [-0.1, -0.05) is 30.3 Å². The van der Waals surface area contributed by atoms with Gasteiger partial charge in [-0.05, 0) is 37.6 Å². The highest BCUT2D eigenvalue weighted by Crippen LogP contribution is 2.35. The fourth-order valence-electron chi connectivity index (χ4n) is 3.95. The van der Waals surface area contributed by atoms with E-state index in [-0.39, 0.29) is 18.5 Å². The Bertz CT molecular complexity index is 1160. The lowest BCUT2D eigenvalue weighted by molar-refractivity contribution is 0.471. The maximum atomic E-state index is 13.7. The lowest BCUT2D eigenvalue weighted by Gasteiger charge is -2.21. The summed E-state index contributed by atoms with van der Waals surface area (Å²) < 4.78 is 55.2. The van der Waals surface area contributed by atoms with Crippen LogP contribution in [0, 0.1) is 25.5 Å². The third-order valence-electron chi connectivity index (χ3n) is 5.40. The Balaban J connectivity index is 1.67. The monoisotopic (exact) mass is 448 g/mol. The molecule has 0 amide bonds. The standard InChI is InChI=1S/C22H22F2N2O2S2/c1-14-10-22(15(2)29-14)30(27,28)26-12-18(16-6-4-3-5-7-16)21(13-26)25-17-8-9-19(23)20(24)11-17/h3-11,18,21,25H,12-13H2,1-2H3. The molecule has 30 heavy (non-hydrogen) atoms. The van der Waals surface area contributed by atoms with E-state index in [0.29, 0.717) is 17.1 Å². The van der Waals surface area contributed by atoms with Gasteiger partial charge in [-0.2, -0.15) is 4.31 Å². The zero-order valence-electron chi connectivity index (χ0n) is 16.6. The summed E-state index contributed by atoms with van der Waals surface area (Å²) in [7, 11) is -3.66. The van der Waals surface area contributed by atoms with Crippen LogP contribution in [-0.4, -0.2) is 31.9 Å². The van der Waals surface area contributed by atoms with Gasteiger partial charge in [0.1, 0.15) is 0 Å². The number of anilines is 1. The number of benzene rings is 2. The molecule has 1 N–H and O–H groups in total. The molecule has 2 heterocycles. The molecule has 4 rings (SSSR count). The van der Waals surface area contributed by atoms with Gasteiger partial charge in [-0.25, -0.2) is 17.2 Å². The Labute approximate surface area is 179 Å². The van der Waals surface area contributed by atoms with Crippen LogP contribution < -0.4 is 5.32 Å². The molecule has 2 unspecified atom stereocenters. The smallest absolute Gasteiger partial charge is 0.244 e. The van der Waals surface area contributed by atoms with Crippen molar-refractivity contribution in [3.05, 3.63) is 81.5 Å². The molecule has 4 nitrogen and oxygen atoms in total. The Morgan fingerprint density at radius 1 is 1.00 bits per heavy atom. The molecule has 0 saturated carbocycles. The average Bonchev–Trinajstić information content (AvgIpc) is 3.29. The van der Waals surface area contributed by atoms with E-state index in [1.165, 1.54) is 21.7 Å². The minimum absolute atomic E-state index is 0.130. The second-order valence-corrected chi connectivity index (χ2v) is 10.9. The molecular formula is C22H22F2N2O2S2. The van der Waals surface area contributed by atoms with Crippen molar-refractivity contribution in [2.45, 2.75) is 30.7 Å². The normalized spacial score (nSPS) is 19.9. The van der Waals surface area contributed by atoms with E-state index in [1.807, 2.05) is 44.2 Å². The lowest BCUT2D eigenvalue weighted by Crippen LogP contribution is -2.32. The van der Waals surface area contributed by atoms with Gasteiger partial charge >= 0.3 is 0 Å². The molecule has 0 spiro atoms. The summed E-state index contributed by atoms with van der Waals surface area (Å²) in [6, 6.07) is 14.7. The van der Waals surface area contributed by atoms with E-state index in [2.05, 4.69) is 5.32 Å². The first kappa shape index (κ1) is 21.0. The van der Waals surface area contributed by atoms with Crippen LogP contribution in [0.15, 0.2) is 59.5 Å². The first-order chi connectivity index (χ1) is 14.3. The number of nitrogens with one attached hydrogen (secondary N) is 1. The maximum Gasteiger partial charge on any atom is 0.244 e. The SMILES string of the molecule is Cc1cc(S(=O)(=O)N2CC(Nc3ccc(F)c(F)c3)C(c3ccccc3)C2)c(C)s1. The molecule has 0 radical (unpaired) electrons. The van der Waals surface area contributed by atoms with E-state index in [9.17, 15) is 17.2 Å². The number of rotatable bonds is 5. The largest absolute Gasteiger partial charge is 0.380 e.